The molecule has 1 N–H and O–H groups in total. The topological polar surface area (TPSA) is 47.6 Å². The van der Waals surface area contributed by atoms with Crippen molar-refractivity contribution in [3.63, 3.8) is 0 Å². The molecule has 0 aliphatic carbocycles. The van der Waals surface area contributed by atoms with Crippen LogP contribution in [-0.2, 0) is 16.1 Å². The van der Waals surface area contributed by atoms with Gasteiger partial charge >= 0.3 is 5.97 Å². The Hall–Kier alpha value is -1.55. The molecule has 1 unspecified atom stereocenters. The van der Waals surface area contributed by atoms with E-state index in [1.165, 1.54) is 12.5 Å². The smallest absolute Gasteiger partial charge is 0.302 e. The van der Waals surface area contributed by atoms with Gasteiger partial charge in [0.2, 0.25) is 0 Å². The fourth-order valence-electron chi connectivity index (χ4n) is 1.61. The lowest BCUT2D eigenvalue weighted by Crippen LogP contribution is -2.27. The van der Waals surface area contributed by atoms with Gasteiger partial charge < -0.3 is 14.8 Å². The van der Waals surface area contributed by atoms with Crippen molar-refractivity contribution in [2.75, 3.05) is 13.2 Å². The molecule has 0 heterocycles. The third-order valence-corrected chi connectivity index (χ3v) is 2.36. The number of benzene rings is 1. The van der Waals surface area contributed by atoms with E-state index in [1.807, 2.05) is 38.1 Å². The van der Waals surface area contributed by atoms with Crippen LogP contribution in [0.1, 0.15) is 26.3 Å². The molecule has 0 bridgehead atoms. The van der Waals surface area contributed by atoms with Gasteiger partial charge in [0.1, 0.15) is 11.9 Å². The Morgan fingerprint density at radius 1 is 1.33 bits per heavy atom. The largest absolute Gasteiger partial charge is 0.494 e. The first-order chi connectivity index (χ1) is 8.61. The zero-order chi connectivity index (χ0) is 13.4. The summed E-state index contributed by atoms with van der Waals surface area (Å²) in [5.74, 6) is 0.639. The van der Waals surface area contributed by atoms with Crippen molar-refractivity contribution in [2.24, 2.45) is 0 Å². The highest BCUT2D eigenvalue weighted by atomic mass is 16.5. The molecule has 1 rings (SSSR count). The maximum atomic E-state index is 10.7. The normalized spacial score (nSPS) is 11.9. The van der Waals surface area contributed by atoms with E-state index in [2.05, 4.69) is 5.32 Å². The van der Waals surface area contributed by atoms with E-state index in [4.69, 9.17) is 9.47 Å². The molecule has 0 aliphatic rings. The summed E-state index contributed by atoms with van der Waals surface area (Å²) in [4.78, 5) is 10.7. The number of ether oxygens (including phenoxy) is 2. The molecule has 0 spiro atoms. The summed E-state index contributed by atoms with van der Waals surface area (Å²) in [7, 11) is 0. The van der Waals surface area contributed by atoms with Gasteiger partial charge in [0.25, 0.3) is 0 Å². The number of carbonyl (C=O) groups excluding carboxylic acids is 1. The van der Waals surface area contributed by atoms with E-state index in [1.54, 1.807) is 0 Å². The fourth-order valence-corrected chi connectivity index (χ4v) is 1.61. The van der Waals surface area contributed by atoms with Gasteiger partial charge in [-0.2, -0.15) is 0 Å². The lowest BCUT2D eigenvalue weighted by Gasteiger charge is -2.12. The average molecular weight is 251 g/mol. The third-order valence-electron chi connectivity index (χ3n) is 2.36. The van der Waals surface area contributed by atoms with Gasteiger partial charge in [-0.25, -0.2) is 0 Å². The third kappa shape index (κ3) is 5.68. The predicted octanol–water partition coefficient (Wildman–Crippen LogP) is 2.13. The van der Waals surface area contributed by atoms with Crippen molar-refractivity contribution in [1.82, 2.24) is 5.32 Å². The first-order valence-corrected chi connectivity index (χ1v) is 6.21. The minimum absolute atomic E-state index is 0.106. The van der Waals surface area contributed by atoms with Gasteiger partial charge in [-0.1, -0.05) is 12.1 Å². The van der Waals surface area contributed by atoms with Crippen molar-refractivity contribution < 1.29 is 14.3 Å². The van der Waals surface area contributed by atoms with Crippen molar-refractivity contribution in [3.8, 4) is 5.75 Å². The molecular formula is C14H21NO3. The van der Waals surface area contributed by atoms with Gasteiger partial charge in [-0.15, -0.1) is 0 Å². The molecule has 1 atom stereocenters. The second-order valence-corrected chi connectivity index (χ2v) is 4.13. The Balaban J connectivity index is 2.28. The van der Waals surface area contributed by atoms with Crippen molar-refractivity contribution in [2.45, 2.75) is 33.4 Å². The van der Waals surface area contributed by atoms with Crippen LogP contribution in [0.5, 0.6) is 5.75 Å². The fraction of sp³-hybridized carbons (Fsp3) is 0.500. The molecule has 4 nitrogen and oxygen atoms in total. The van der Waals surface area contributed by atoms with Gasteiger partial charge in [-0.05, 0) is 31.5 Å². The van der Waals surface area contributed by atoms with Gasteiger partial charge in [0.15, 0.2) is 0 Å². The minimum Gasteiger partial charge on any atom is -0.494 e. The summed E-state index contributed by atoms with van der Waals surface area (Å²) in [5.41, 5.74) is 1.17. The van der Waals surface area contributed by atoms with Crippen LogP contribution < -0.4 is 10.1 Å². The number of esters is 1. The molecule has 4 heteroatoms. The van der Waals surface area contributed by atoms with Crippen LogP contribution in [0.3, 0.4) is 0 Å². The van der Waals surface area contributed by atoms with E-state index >= 15 is 0 Å². The lowest BCUT2D eigenvalue weighted by molar-refractivity contribution is -0.145. The van der Waals surface area contributed by atoms with E-state index in [0.29, 0.717) is 13.2 Å². The SMILES string of the molecule is CCOc1ccc(CNCC(C)OC(C)=O)cc1. The quantitative estimate of drug-likeness (QED) is 0.754. The van der Waals surface area contributed by atoms with Crippen LogP contribution in [0, 0.1) is 0 Å². The van der Waals surface area contributed by atoms with Crippen LogP contribution >= 0.6 is 0 Å². The number of nitrogens with one attached hydrogen (secondary N) is 1. The zero-order valence-corrected chi connectivity index (χ0v) is 11.2. The Morgan fingerprint density at radius 2 is 2.00 bits per heavy atom. The highest BCUT2D eigenvalue weighted by Gasteiger charge is 2.04. The predicted molar refractivity (Wildman–Crippen MR) is 70.5 cm³/mol. The molecule has 0 aromatic heterocycles. The van der Waals surface area contributed by atoms with Crippen molar-refractivity contribution in [3.05, 3.63) is 29.8 Å². The summed E-state index contributed by atoms with van der Waals surface area (Å²) in [5, 5.41) is 3.24. The van der Waals surface area contributed by atoms with Crippen LogP contribution in [0.15, 0.2) is 24.3 Å². The minimum atomic E-state index is -0.245. The molecule has 0 amide bonds. The maximum Gasteiger partial charge on any atom is 0.302 e. The van der Waals surface area contributed by atoms with Gasteiger partial charge in [0, 0.05) is 20.0 Å². The number of carbonyl (C=O) groups is 1. The standard InChI is InChI=1S/C14H21NO3/c1-4-17-14-7-5-13(6-8-14)10-15-9-11(2)18-12(3)16/h5-8,11,15H,4,9-10H2,1-3H3. The highest BCUT2D eigenvalue weighted by molar-refractivity contribution is 5.66. The Kier molecular flexibility index (Phi) is 6.22. The summed E-state index contributed by atoms with van der Waals surface area (Å²) < 4.78 is 10.4. The van der Waals surface area contributed by atoms with E-state index in [9.17, 15) is 4.79 Å². The molecule has 1 aromatic carbocycles. The average Bonchev–Trinajstić information content (AvgIpc) is 2.31. The van der Waals surface area contributed by atoms with Crippen LogP contribution in [-0.4, -0.2) is 25.2 Å². The molecule has 100 valence electrons. The molecule has 1 aromatic rings. The van der Waals surface area contributed by atoms with Crippen molar-refractivity contribution >= 4 is 5.97 Å². The summed E-state index contributed by atoms with van der Waals surface area (Å²) in [6.07, 6.45) is -0.106. The second-order valence-electron chi connectivity index (χ2n) is 4.13. The second kappa shape index (κ2) is 7.71. The molecular weight excluding hydrogens is 230 g/mol. The Labute approximate surface area is 108 Å². The van der Waals surface area contributed by atoms with E-state index in [-0.39, 0.29) is 12.1 Å². The first kappa shape index (κ1) is 14.5. The molecule has 0 radical (unpaired) electrons. The zero-order valence-electron chi connectivity index (χ0n) is 11.2. The number of rotatable bonds is 7. The summed E-state index contributed by atoms with van der Waals surface area (Å²) >= 11 is 0. The lowest BCUT2D eigenvalue weighted by atomic mass is 10.2. The molecule has 0 saturated carbocycles. The number of hydrogen-bond donors (Lipinski definition) is 1. The highest BCUT2D eigenvalue weighted by Crippen LogP contribution is 2.11. The molecule has 0 saturated heterocycles. The molecule has 0 fully saturated rings. The molecule has 0 aliphatic heterocycles. The maximum absolute atomic E-state index is 10.7. The van der Waals surface area contributed by atoms with Crippen LogP contribution in [0.25, 0.3) is 0 Å². The van der Waals surface area contributed by atoms with Crippen LogP contribution in [0.4, 0.5) is 0 Å². The first-order valence-electron chi connectivity index (χ1n) is 6.21. The monoisotopic (exact) mass is 251 g/mol. The molecule has 18 heavy (non-hydrogen) atoms. The Morgan fingerprint density at radius 3 is 2.56 bits per heavy atom. The summed E-state index contributed by atoms with van der Waals surface area (Å²) in [6.45, 7) is 7.32. The number of hydrogen-bond acceptors (Lipinski definition) is 4. The summed E-state index contributed by atoms with van der Waals surface area (Å²) in [6, 6.07) is 7.95. The van der Waals surface area contributed by atoms with Gasteiger partial charge in [0.05, 0.1) is 6.61 Å². The van der Waals surface area contributed by atoms with Crippen molar-refractivity contribution in [1.29, 1.82) is 0 Å². The Bertz CT molecular complexity index is 362. The van der Waals surface area contributed by atoms with E-state index in [0.717, 1.165) is 12.3 Å². The van der Waals surface area contributed by atoms with Gasteiger partial charge in [-0.3, -0.25) is 4.79 Å². The van der Waals surface area contributed by atoms with Crippen LogP contribution in [0.2, 0.25) is 0 Å². The van der Waals surface area contributed by atoms with E-state index < -0.39 is 0 Å².